The van der Waals surface area contributed by atoms with E-state index < -0.39 is 29.3 Å². The SMILES string of the molecule is CN(Cc1ccccc1C(F)(F)F)C(=O)c1ncsc1NC(=O)c1cc(Cl)c(O)c(Cl)n1. The fourth-order valence-electron chi connectivity index (χ4n) is 2.69. The van der Waals surface area contributed by atoms with E-state index in [2.05, 4.69) is 15.3 Å². The van der Waals surface area contributed by atoms with Crippen molar-refractivity contribution in [2.24, 2.45) is 0 Å². The van der Waals surface area contributed by atoms with E-state index in [-0.39, 0.29) is 38.7 Å². The number of hydrogen-bond donors (Lipinski definition) is 2. The Hall–Kier alpha value is -2.89. The quantitative estimate of drug-likeness (QED) is 0.471. The van der Waals surface area contributed by atoms with Crippen molar-refractivity contribution in [1.29, 1.82) is 0 Å². The molecule has 0 radical (unpaired) electrons. The molecule has 7 nitrogen and oxygen atoms in total. The molecular formula is C19H13Cl2F3N4O3S. The van der Waals surface area contributed by atoms with E-state index >= 15 is 0 Å². The number of amides is 2. The van der Waals surface area contributed by atoms with Crippen molar-refractivity contribution in [2.45, 2.75) is 12.7 Å². The number of alkyl halides is 3. The van der Waals surface area contributed by atoms with Crippen LogP contribution in [0.2, 0.25) is 10.2 Å². The third kappa shape index (κ3) is 5.12. The highest BCUT2D eigenvalue weighted by atomic mass is 35.5. The first-order valence-electron chi connectivity index (χ1n) is 8.69. The molecule has 0 aliphatic rings. The number of aromatic hydroxyl groups is 1. The average molecular weight is 505 g/mol. The molecular weight excluding hydrogens is 492 g/mol. The average Bonchev–Trinajstić information content (AvgIpc) is 3.18. The third-order valence-electron chi connectivity index (χ3n) is 4.21. The number of rotatable bonds is 5. The predicted molar refractivity (Wildman–Crippen MR) is 113 cm³/mol. The minimum Gasteiger partial charge on any atom is -0.504 e. The molecule has 2 heterocycles. The van der Waals surface area contributed by atoms with Crippen molar-refractivity contribution in [1.82, 2.24) is 14.9 Å². The summed E-state index contributed by atoms with van der Waals surface area (Å²) < 4.78 is 39.7. The molecule has 32 heavy (non-hydrogen) atoms. The fourth-order valence-corrected chi connectivity index (χ4v) is 3.79. The molecule has 0 aliphatic heterocycles. The number of aromatic nitrogens is 2. The predicted octanol–water partition coefficient (Wildman–Crippen LogP) is 5.09. The zero-order valence-electron chi connectivity index (χ0n) is 16.1. The first-order chi connectivity index (χ1) is 15.0. The van der Waals surface area contributed by atoms with Crippen molar-refractivity contribution in [3.63, 3.8) is 0 Å². The number of anilines is 1. The van der Waals surface area contributed by atoms with E-state index in [1.807, 2.05) is 0 Å². The van der Waals surface area contributed by atoms with E-state index in [9.17, 15) is 27.9 Å². The number of benzene rings is 1. The van der Waals surface area contributed by atoms with Crippen LogP contribution in [-0.2, 0) is 12.7 Å². The second-order valence-electron chi connectivity index (χ2n) is 6.43. The van der Waals surface area contributed by atoms with Gasteiger partial charge in [0.2, 0.25) is 0 Å². The Kier molecular flexibility index (Phi) is 6.91. The van der Waals surface area contributed by atoms with Crippen molar-refractivity contribution in [3.05, 3.63) is 68.5 Å². The van der Waals surface area contributed by atoms with E-state index in [1.165, 1.54) is 30.8 Å². The summed E-state index contributed by atoms with van der Waals surface area (Å²) in [6, 6.07) is 6.00. The van der Waals surface area contributed by atoms with Crippen LogP contribution in [-0.4, -0.2) is 38.8 Å². The third-order valence-corrected chi connectivity index (χ3v) is 5.50. The molecule has 0 atom stereocenters. The molecule has 2 N–H and O–H groups in total. The summed E-state index contributed by atoms with van der Waals surface area (Å²) in [6.45, 7) is -0.329. The van der Waals surface area contributed by atoms with Crippen LogP contribution >= 0.6 is 34.5 Å². The maximum atomic E-state index is 13.2. The molecule has 0 unspecified atom stereocenters. The summed E-state index contributed by atoms with van der Waals surface area (Å²) in [5, 5.41) is 11.5. The monoisotopic (exact) mass is 504 g/mol. The molecule has 0 aliphatic carbocycles. The first-order valence-corrected chi connectivity index (χ1v) is 10.3. The second kappa shape index (κ2) is 9.31. The van der Waals surface area contributed by atoms with Crippen molar-refractivity contribution < 1.29 is 27.9 Å². The van der Waals surface area contributed by atoms with E-state index in [0.29, 0.717) is 0 Å². The lowest BCUT2D eigenvalue weighted by Gasteiger charge is -2.20. The largest absolute Gasteiger partial charge is 0.504 e. The number of thiazole rings is 1. The Labute approximate surface area is 193 Å². The highest BCUT2D eigenvalue weighted by molar-refractivity contribution is 7.14. The van der Waals surface area contributed by atoms with Crippen LogP contribution in [0.3, 0.4) is 0 Å². The van der Waals surface area contributed by atoms with Gasteiger partial charge in [0.05, 0.1) is 16.1 Å². The van der Waals surface area contributed by atoms with Gasteiger partial charge in [-0.15, -0.1) is 11.3 Å². The van der Waals surface area contributed by atoms with Gasteiger partial charge in [0.25, 0.3) is 11.8 Å². The molecule has 0 bridgehead atoms. The smallest absolute Gasteiger partial charge is 0.416 e. The molecule has 2 aromatic heterocycles. The zero-order valence-corrected chi connectivity index (χ0v) is 18.4. The molecule has 0 spiro atoms. The van der Waals surface area contributed by atoms with Gasteiger partial charge in [0.15, 0.2) is 16.6 Å². The minimum atomic E-state index is -4.57. The van der Waals surface area contributed by atoms with Gasteiger partial charge in [-0.1, -0.05) is 41.4 Å². The number of hydrogen-bond acceptors (Lipinski definition) is 6. The molecule has 168 valence electrons. The molecule has 0 saturated heterocycles. The standard InChI is InChI=1S/C19H13Cl2F3N4O3S/c1-28(7-9-4-2-3-5-10(9)19(22,23)24)18(31)13-17(32-8-25-13)27-16(30)12-6-11(20)14(29)15(21)26-12/h2-6,8,29H,7H2,1H3,(H,27,30). The first kappa shape index (κ1) is 23.8. The number of pyridine rings is 1. The van der Waals surface area contributed by atoms with Gasteiger partial charge in [0, 0.05) is 13.6 Å². The van der Waals surface area contributed by atoms with Crippen LogP contribution in [0.15, 0.2) is 35.8 Å². The summed E-state index contributed by atoms with van der Waals surface area (Å²) in [4.78, 5) is 34.0. The minimum absolute atomic E-state index is 0.0538. The lowest BCUT2D eigenvalue weighted by atomic mass is 10.1. The van der Waals surface area contributed by atoms with Gasteiger partial charge in [-0.3, -0.25) is 9.59 Å². The molecule has 0 fully saturated rings. The molecule has 0 saturated carbocycles. The Morgan fingerprint density at radius 2 is 1.94 bits per heavy atom. The number of carbonyl (C=O) groups excluding carboxylic acids is 2. The van der Waals surface area contributed by atoms with Crippen LogP contribution in [0.25, 0.3) is 0 Å². The Morgan fingerprint density at radius 1 is 1.25 bits per heavy atom. The maximum Gasteiger partial charge on any atom is 0.416 e. The second-order valence-corrected chi connectivity index (χ2v) is 8.05. The van der Waals surface area contributed by atoms with Crippen LogP contribution in [0.5, 0.6) is 5.75 Å². The van der Waals surface area contributed by atoms with E-state index in [4.69, 9.17) is 23.2 Å². The summed E-state index contributed by atoms with van der Waals surface area (Å²) in [5.74, 6) is -1.97. The molecule has 2 amide bonds. The van der Waals surface area contributed by atoms with Crippen LogP contribution in [0.4, 0.5) is 18.2 Å². The fraction of sp³-hybridized carbons (Fsp3) is 0.158. The molecule has 3 aromatic rings. The van der Waals surface area contributed by atoms with Crippen LogP contribution in [0, 0.1) is 0 Å². The highest BCUT2D eigenvalue weighted by Gasteiger charge is 2.33. The number of nitrogens with zero attached hydrogens (tertiary/aromatic N) is 3. The Balaban J connectivity index is 1.79. The lowest BCUT2D eigenvalue weighted by molar-refractivity contribution is -0.138. The Morgan fingerprint density at radius 3 is 2.59 bits per heavy atom. The summed E-state index contributed by atoms with van der Waals surface area (Å²) in [7, 11) is 1.32. The lowest BCUT2D eigenvalue weighted by Crippen LogP contribution is -2.28. The number of nitrogens with one attached hydrogen (secondary N) is 1. The van der Waals surface area contributed by atoms with Crippen molar-refractivity contribution in [2.75, 3.05) is 12.4 Å². The summed E-state index contributed by atoms with van der Waals surface area (Å²) >= 11 is 12.4. The zero-order chi connectivity index (χ0) is 23.6. The molecule has 3 rings (SSSR count). The summed E-state index contributed by atoms with van der Waals surface area (Å²) in [6.07, 6.45) is -4.57. The maximum absolute atomic E-state index is 13.2. The topological polar surface area (TPSA) is 95.4 Å². The van der Waals surface area contributed by atoms with E-state index in [0.717, 1.165) is 28.4 Å². The van der Waals surface area contributed by atoms with Gasteiger partial charge in [-0.25, -0.2) is 9.97 Å². The number of carbonyl (C=O) groups is 2. The van der Waals surface area contributed by atoms with Gasteiger partial charge in [-0.2, -0.15) is 13.2 Å². The van der Waals surface area contributed by atoms with Crippen molar-refractivity contribution in [3.8, 4) is 5.75 Å². The molecule has 13 heteroatoms. The van der Waals surface area contributed by atoms with Crippen molar-refractivity contribution >= 4 is 51.4 Å². The van der Waals surface area contributed by atoms with Gasteiger partial charge in [0.1, 0.15) is 10.7 Å². The molecule has 1 aromatic carbocycles. The van der Waals surface area contributed by atoms with Crippen LogP contribution in [0.1, 0.15) is 32.1 Å². The van der Waals surface area contributed by atoms with Gasteiger partial charge in [-0.05, 0) is 17.7 Å². The normalized spacial score (nSPS) is 11.3. The van der Waals surface area contributed by atoms with E-state index in [1.54, 1.807) is 0 Å². The Bertz CT molecular complexity index is 1160. The summed E-state index contributed by atoms with van der Waals surface area (Å²) in [5.41, 5.74) is -0.0268. The van der Waals surface area contributed by atoms with Crippen LogP contribution < -0.4 is 5.32 Å². The van der Waals surface area contributed by atoms with Gasteiger partial charge < -0.3 is 15.3 Å². The highest BCUT2D eigenvalue weighted by Crippen LogP contribution is 2.33. The van der Waals surface area contributed by atoms with Gasteiger partial charge >= 0.3 is 6.18 Å². The number of halogens is 5.